The summed E-state index contributed by atoms with van der Waals surface area (Å²) in [6.45, 7) is 4.58. The Balaban J connectivity index is 1.80. The first-order chi connectivity index (χ1) is 13.0. The SMILES string of the molecule is CCc1nn(-c2cccc(Cl)c2)c2sc(C(=O)NCCCNC(C)=O)cc12. The molecule has 0 aliphatic rings. The molecule has 0 unspecified atom stereocenters. The third-order valence-electron chi connectivity index (χ3n) is 4.06. The molecule has 0 radical (unpaired) electrons. The largest absolute Gasteiger partial charge is 0.356 e. The lowest BCUT2D eigenvalue weighted by atomic mass is 10.2. The maximum Gasteiger partial charge on any atom is 0.261 e. The van der Waals surface area contributed by atoms with Gasteiger partial charge in [0.2, 0.25) is 5.91 Å². The summed E-state index contributed by atoms with van der Waals surface area (Å²) in [5, 5.41) is 11.9. The van der Waals surface area contributed by atoms with E-state index in [1.54, 1.807) is 0 Å². The van der Waals surface area contributed by atoms with Gasteiger partial charge in [0, 0.05) is 30.4 Å². The average Bonchev–Trinajstić information content (AvgIpc) is 3.20. The van der Waals surface area contributed by atoms with Gasteiger partial charge in [-0.2, -0.15) is 5.10 Å². The summed E-state index contributed by atoms with van der Waals surface area (Å²) in [7, 11) is 0. The van der Waals surface area contributed by atoms with Crippen LogP contribution in [0.15, 0.2) is 30.3 Å². The molecule has 0 saturated heterocycles. The van der Waals surface area contributed by atoms with Crippen LogP contribution in [-0.2, 0) is 11.2 Å². The molecule has 0 saturated carbocycles. The van der Waals surface area contributed by atoms with Crippen molar-refractivity contribution >= 4 is 45.0 Å². The number of rotatable bonds is 7. The van der Waals surface area contributed by atoms with Gasteiger partial charge < -0.3 is 10.6 Å². The second-order valence-corrected chi connectivity index (χ2v) is 7.58. The summed E-state index contributed by atoms with van der Waals surface area (Å²) in [5.74, 6) is -0.179. The number of nitrogens with one attached hydrogen (secondary N) is 2. The highest BCUT2D eigenvalue weighted by Crippen LogP contribution is 2.31. The standard InChI is InChI=1S/C19H21ClN4O2S/c1-3-16-15-11-17(18(26)22-9-5-8-21-12(2)25)27-19(15)24(23-16)14-7-4-6-13(20)10-14/h4,6-7,10-11H,3,5,8-9H2,1-2H3,(H,21,25)(H,22,26). The Morgan fingerprint density at radius 3 is 2.70 bits per heavy atom. The second kappa shape index (κ2) is 8.54. The Morgan fingerprint density at radius 1 is 1.22 bits per heavy atom. The van der Waals surface area contributed by atoms with E-state index in [4.69, 9.17) is 11.6 Å². The third-order valence-corrected chi connectivity index (χ3v) is 5.41. The lowest BCUT2D eigenvalue weighted by molar-refractivity contribution is -0.118. The summed E-state index contributed by atoms with van der Waals surface area (Å²) in [5.41, 5.74) is 1.82. The Morgan fingerprint density at radius 2 is 2.00 bits per heavy atom. The van der Waals surface area contributed by atoms with Crippen LogP contribution in [0, 0.1) is 0 Å². The molecule has 0 aliphatic carbocycles. The average molecular weight is 405 g/mol. The Labute approximate surface area is 166 Å². The molecule has 2 aromatic heterocycles. The van der Waals surface area contributed by atoms with Gasteiger partial charge in [0.25, 0.3) is 5.91 Å². The van der Waals surface area contributed by atoms with Crippen molar-refractivity contribution in [1.29, 1.82) is 0 Å². The van der Waals surface area contributed by atoms with Crippen molar-refractivity contribution in [2.75, 3.05) is 13.1 Å². The number of hydrogen-bond donors (Lipinski definition) is 2. The molecule has 2 amide bonds. The number of aromatic nitrogens is 2. The zero-order valence-electron chi connectivity index (χ0n) is 15.2. The molecule has 1 aromatic carbocycles. The van der Waals surface area contributed by atoms with Crippen molar-refractivity contribution in [2.45, 2.75) is 26.7 Å². The van der Waals surface area contributed by atoms with Crippen LogP contribution in [0.5, 0.6) is 0 Å². The van der Waals surface area contributed by atoms with Crippen molar-refractivity contribution in [3.05, 3.63) is 45.9 Å². The number of carbonyl (C=O) groups is 2. The van der Waals surface area contributed by atoms with Crippen LogP contribution in [0.2, 0.25) is 5.02 Å². The van der Waals surface area contributed by atoms with E-state index in [-0.39, 0.29) is 11.8 Å². The monoisotopic (exact) mass is 404 g/mol. The van der Waals surface area contributed by atoms with Gasteiger partial charge in [0.05, 0.1) is 16.3 Å². The van der Waals surface area contributed by atoms with E-state index in [0.717, 1.165) is 28.0 Å². The molecule has 27 heavy (non-hydrogen) atoms. The fraction of sp³-hybridized carbons (Fsp3) is 0.316. The number of benzene rings is 1. The van der Waals surface area contributed by atoms with Gasteiger partial charge in [-0.05, 0) is 37.1 Å². The first-order valence-corrected chi connectivity index (χ1v) is 9.99. The predicted molar refractivity (Wildman–Crippen MR) is 109 cm³/mol. The summed E-state index contributed by atoms with van der Waals surface area (Å²) in [6, 6.07) is 9.40. The number of nitrogens with zero attached hydrogens (tertiary/aromatic N) is 2. The molecule has 6 nitrogen and oxygen atoms in total. The van der Waals surface area contributed by atoms with Gasteiger partial charge in [-0.1, -0.05) is 24.6 Å². The smallest absolute Gasteiger partial charge is 0.261 e. The lowest BCUT2D eigenvalue weighted by Crippen LogP contribution is -2.28. The number of amides is 2. The van der Waals surface area contributed by atoms with Gasteiger partial charge in [0.15, 0.2) is 0 Å². The van der Waals surface area contributed by atoms with Crippen molar-refractivity contribution in [2.24, 2.45) is 0 Å². The van der Waals surface area contributed by atoms with E-state index >= 15 is 0 Å². The minimum absolute atomic E-state index is 0.0662. The van der Waals surface area contributed by atoms with Gasteiger partial charge >= 0.3 is 0 Å². The highest BCUT2D eigenvalue weighted by molar-refractivity contribution is 7.20. The highest BCUT2D eigenvalue weighted by Gasteiger charge is 2.18. The molecule has 2 N–H and O–H groups in total. The van der Waals surface area contributed by atoms with Gasteiger partial charge in [-0.25, -0.2) is 4.68 Å². The maximum absolute atomic E-state index is 12.5. The molecule has 0 bridgehead atoms. The fourth-order valence-corrected chi connectivity index (χ4v) is 4.02. The van der Waals surface area contributed by atoms with Gasteiger partial charge in [0.1, 0.15) is 4.83 Å². The van der Waals surface area contributed by atoms with E-state index in [9.17, 15) is 9.59 Å². The molecule has 2 heterocycles. The second-order valence-electron chi connectivity index (χ2n) is 6.11. The van der Waals surface area contributed by atoms with Gasteiger partial charge in [-0.15, -0.1) is 11.3 Å². The molecule has 142 valence electrons. The number of hydrogen-bond acceptors (Lipinski definition) is 4. The minimum atomic E-state index is -0.112. The molecule has 3 aromatic rings. The van der Waals surface area contributed by atoms with Crippen molar-refractivity contribution in [3.63, 3.8) is 0 Å². The van der Waals surface area contributed by atoms with Crippen molar-refractivity contribution in [1.82, 2.24) is 20.4 Å². The number of thiophene rings is 1. The fourth-order valence-electron chi connectivity index (χ4n) is 2.76. The van der Waals surface area contributed by atoms with Crippen LogP contribution in [0.25, 0.3) is 15.9 Å². The van der Waals surface area contributed by atoms with Crippen molar-refractivity contribution in [3.8, 4) is 5.69 Å². The number of carbonyl (C=O) groups excluding carboxylic acids is 2. The first kappa shape index (κ1) is 19.4. The maximum atomic E-state index is 12.5. The number of aryl methyl sites for hydroxylation is 1. The zero-order valence-corrected chi connectivity index (χ0v) is 16.8. The van der Waals surface area contributed by atoms with Crippen LogP contribution in [0.3, 0.4) is 0 Å². The lowest BCUT2D eigenvalue weighted by Gasteiger charge is -2.04. The Kier molecular flexibility index (Phi) is 6.13. The van der Waals surface area contributed by atoms with Crippen LogP contribution in [-0.4, -0.2) is 34.7 Å². The quantitative estimate of drug-likeness (QED) is 0.591. The van der Waals surface area contributed by atoms with Crippen molar-refractivity contribution < 1.29 is 9.59 Å². The van der Waals surface area contributed by atoms with Crippen LogP contribution >= 0.6 is 22.9 Å². The Bertz CT molecular complexity index is 979. The van der Waals surface area contributed by atoms with E-state index in [1.165, 1.54) is 18.3 Å². The summed E-state index contributed by atoms with van der Waals surface area (Å²) >= 11 is 7.53. The molecule has 0 fully saturated rings. The third kappa shape index (κ3) is 4.48. The normalized spacial score (nSPS) is 10.9. The molecular formula is C19H21ClN4O2S. The van der Waals surface area contributed by atoms with Crippen LogP contribution in [0.1, 0.15) is 35.6 Å². The molecule has 0 atom stereocenters. The summed E-state index contributed by atoms with van der Waals surface area (Å²) in [4.78, 5) is 24.9. The minimum Gasteiger partial charge on any atom is -0.356 e. The summed E-state index contributed by atoms with van der Waals surface area (Å²) in [6.07, 6.45) is 1.46. The molecule has 0 aliphatic heterocycles. The predicted octanol–water partition coefficient (Wildman–Crippen LogP) is 3.56. The highest BCUT2D eigenvalue weighted by atomic mass is 35.5. The van der Waals surface area contributed by atoms with Crippen LogP contribution in [0.4, 0.5) is 0 Å². The van der Waals surface area contributed by atoms with E-state index < -0.39 is 0 Å². The number of halogens is 1. The molecule has 8 heteroatoms. The first-order valence-electron chi connectivity index (χ1n) is 8.79. The molecule has 0 spiro atoms. The Hall–Kier alpha value is -2.38. The van der Waals surface area contributed by atoms with E-state index in [1.807, 2.05) is 41.9 Å². The topological polar surface area (TPSA) is 76.0 Å². The van der Waals surface area contributed by atoms with E-state index in [0.29, 0.717) is 29.4 Å². The van der Waals surface area contributed by atoms with Gasteiger partial charge in [-0.3, -0.25) is 9.59 Å². The number of fused-ring (bicyclic) bond motifs is 1. The van der Waals surface area contributed by atoms with Crippen LogP contribution < -0.4 is 10.6 Å². The molecular weight excluding hydrogens is 384 g/mol. The summed E-state index contributed by atoms with van der Waals surface area (Å²) < 4.78 is 1.85. The zero-order chi connectivity index (χ0) is 19.4. The molecule has 3 rings (SSSR count). The van der Waals surface area contributed by atoms with E-state index in [2.05, 4.69) is 15.7 Å².